The van der Waals surface area contributed by atoms with Crippen molar-refractivity contribution in [1.82, 2.24) is 10.2 Å². The smallest absolute Gasteiger partial charge is 0.317 e. The summed E-state index contributed by atoms with van der Waals surface area (Å²) in [6.07, 6.45) is 5.21. The Bertz CT molecular complexity index is 852. The van der Waals surface area contributed by atoms with E-state index in [0.29, 0.717) is 17.1 Å². The lowest BCUT2D eigenvalue weighted by molar-refractivity contribution is 0.206. The second kappa shape index (κ2) is 9.83. The normalized spacial score (nSPS) is 10.0. The van der Waals surface area contributed by atoms with Gasteiger partial charge in [0.2, 0.25) is 0 Å². The second-order valence-corrected chi connectivity index (χ2v) is 6.64. The lowest BCUT2D eigenvalue weighted by atomic mass is 10.2. The first-order valence-corrected chi connectivity index (χ1v) is 8.90. The SMILES string of the molecule is C#CCOc1cc(CNC(=O)N(C)Cc2cc(Br)ccc2F)ccc1OC. The van der Waals surface area contributed by atoms with Crippen LogP contribution in [0.1, 0.15) is 11.1 Å². The van der Waals surface area contributed by atoms with Gasteiger partial charge in [0.25, 0.3) is 0 Å². The largest absolute Gasteiger partial charge is 0.493 e. The minimum absolute atomic E-state index is 0.118. The third-order valence-electron chi connectivity index (χ3n) is 3.74. The van der Waals surface area contributed by atoms with Crippen molar-refractivity contribution in [1.29, 1.82) is 0 Å². The van der Waals surface area contributed by atoms with Gasteiger partial charge in [0.15, 0.2) is 11.5 Å². The van der Waals surface area contributed by atoms with E-state index in [1.54, 1.807) is 31.3 Å². The molecule has 0 saturated heterocycles. The van der Waals surface area contributed by atoms with Crippen molar-refractivity contribution in [2.75, 3.05) is 20.8 Å². The van der Waals surface area contributed by atoms with E-state index in [9.17, 15) is 9.18 Å². The standard InChI is InChI=1S/C20H20BrFN2O3/c1-4-9-27-19-10-14(5-8-18(19)26-3)12-23-20(25)24(2)13-15-11-16(21)6-7-17(15)22/h1,5-8,10-11H,9,12-13H2,2-3H3,(H,23,25). The van der Waals surface area contributed by atoms with Crippen LogP contribution < -0.4 is 14.8 Å². The number of hydrogen-bond donors (Lipinski definition) is 1. The van der Waals surface area contributed by atoms with Crippen LogP contribution >= 0.6 is 15.9 Å². The molecule has 27 heavy (non-hydrogen) atoms. The van der Waals surface area contributed by atoms with Gasteiger partial charge >= 0.3 is 6.03 Å². The van der Waals surface area contributed by atoms with Gasteiger partial charge in [-0.3, -0.25) is 0 Å². The fourth-order valence-electron chi connectivity index (χ4n) is 2.37. The zero-order valence-corrected chi connectivity index (χ0v) is 16.7. The molecule has 0 aliphatic heterocycles. The van der Waals surface area contributed by atoms with Crippen LogP contribution in [0.2, 0.25) is 0 Å². The number of terminal acetylenes is 1. The van der Waals surface area contributed by atoms with E-state index in [1.165, 1.54) is 18.1 Å². The van der Waals surface area contributed by atoms with Gasteiger partial charge in [0.05, 0.1) is 7.11 Å². The topological polar surface area (TPSA) is 50.8 Å². The van der Waals surface area contributed by atoms with E-state index in [1.807, 2.05) is 6.07 Å². The molecule has 0 heterocycles. The minimum atomic E-state index is -0.358. The van der Waals surface area contributed by atoms with Gasteiger partial charge < -0.3 is 19.7 Å². The number of methoxy groups -OCH3 is 1. The highest BCUT2D eigenvalue weighted by atomic mass is 79.9. The number of rotatable bonds is 7. The number of amides is 2. The Labute approximate surface area is 166 Å². The predicted octanol–water partition coefficient (Wildman–Crippen LogP) is 3.95. The Balaban J connectivity index is 1.98. The summed E-state index contributed by atoms with van der Waals surface area (Å²) < 4.78 is 25.3. The van der Waals surface area contributed by atoms with E-state index in [4.69, 9.17) is 15.9 Å². The van der Waals surface area contributed by atoms with Crippen LogP contribution in [-0.2, 0) is 13.1 Å². The van der Waals surface area contributed by atoms with E-state index in [2.05, 4.69) is 27.2 Å². The number of carbonyl (C=O) groups excluding carboxylic acids is 1. The van der Waals surface area contributed by atoms with Crippen LogP contribution in [0.3, 0.4) is 0 Å². The van der Waals surface area contributed by atoms with Crippen molar-refractivity contribution < 1.29 is 18.7 Å². The number of hydrogen-bond acceptors (Lipinski definition) is 3. The van der Waals surface area contributed by atoms with Gasteiger partial charge in [-0.25, -0.2) is 9.18 Å². The molecule has 2 aromatic carbocycles. The first-order chi connectivity index (χ1) is 12.9. The summed E-state index contributed by atoms with van der Waals surface area (Å²) in [5.41, 5.74) is 1.25. The number of halogens is 2. The zero-order valence-electron chi connectivity index (χ0n) is 15.1. The Kier molecular flexibility index (Phi) is 7.50. The molecule has 5 nitrogen and oxygen atoms in total. The molecule has 0 atom stereocenters. The molecule has 7 heteroatoms. The lowest BCUT2D eigenvalue weighted by Gasteiger charge is -2.19. The average Bonchev–Trinajstić information content (AvgIpc) is 2.67. The van der Waals surface area contributed by atoms with Gasteiger partial charge in [-0.15, -0.1) is 6.42 Å². The Morgan fingerprint density at radius 2 is 2.07 bits per heavy atom. The summed E-state index contributed by atoms with van der Waals surface area (Å²) in [5.74, 6) is 3.10. The maximum Gasteiger partial charge on any atom is 0.317 e. The minimum Gasteiger partial charge on any atom is -0.493 e. The van der Waals surface area contributed by atoms with Gasteiger partial charge in [0.1, 0.15) is 12.4 Å². The molecule has 142 valence electrons. The number of ether oxygens (including phenoxy) is 2. The van der Waals surface area contributed by atoms with Crippen LogP contribution in [-0.4, -0.2) is 31.7 Å². The molecule has 2 aromatic rings. The third-order valence-corrected chi connectivity index (χ3v) is 4.24. The Morgan fingerprint density at radius 3 is 2.78 bits per heavy atom. The van der Waals surface area contributed by atoms with Crippen molar-refractivity contribution in [2.45, 2.75) is 13.1 Å². The third kappa shape index (κ3) is 5.90. The van der Waals surface area contributed by atoms with Gasteiger partial charge in [-0.1, -0.05) is 27.9 Å². The molecule has 0 aromatic heterocycles. The molecule has 0 unspecified atom stereocenters. The van der Waals surface area contributed by atoms with Crippen LogP contribution in [0.15, 0.2) is 40.9 Å². The van der Waals surface area contributed by atoms with Gasteiger partial charge in [0, 0.05) is 30.2 Å². The fraction of sp³-hybridized carbons (Fsp3) is 0.250. The molecule has 0 aliphatic carbocycles. The van der Waals surface area contributed by atoms with Crippen molar-refractivity contribution in [2.24, 2.45) is 0 Å². The molecule has 2 amide bonds. The van der Waals surface area contributed by atoms with Crippen LogP contribution in [0.25, 0.3) is 0 Å². The molecular weight excluding hydrogens is 415 g/mol. The van der Waals surface area contributed by atoms with Crippen LogP contribution in [0, 0.1) is 18.2 Å². The summed E-state index contributed by atoms with van der Waals surface area (Å²) in [7, 11) is 3.14. The van der Waals surface area contributed by atoms with E-state index in [0.717, 1.165) is 10.0 Å². The maximum absolute atomic E-state index is 13.8. The predicted molar refractivity (Wildman–Crippen MR) is 105 cm³/mol. The summed E-state index contributed by atoms with van der Waals surface area (Å²) >= 11 is 3.30. The molecule has 0 radical (unpaired) electrons. The van der Waals surface area contributed by atoms with Crippen molar-refractivity contribution in [3.8, 4) is 23.8 Å². The van der Waals surface area contributed by atoms with Gasteiger partial charge in [-0.05, 0) is 35.9 Å². The molecular formula is C20H20BrFN2O3. The summed E-state index contributed by atoms with van der Waals surface area (Å²) in [6.45, 7) is 0.546. The van der Waals surface area contributed by atoms with Gasteiger partial charge in [-0.2, -0.15) is 0 Å². The van der Waals surface area contributed by atoms with Crippen molar-refractivity contribution >= 4 is 22.0 Å². The maximum atomic E-state index is 13.8. The van der Waals surface area contributed by atoms with Crippen molar-refractivity contribution in [3.63, 3.8) is 0 Å². The van der Waals surface area contributed by atoms with E-state index >= 15 is 0 Å². The molecule has 0 spiro atoms. The number of urea groups is 1. The molecule has 0 fully saturated rings. The first kappa shape index (κ1) is 20.6. The Hall–Kier alpha value is -2.72. The average molecular weight is 435 g/mol. The molecule has 0 aliphatic rings. The first-order valence-electron chi connectivity index (χ1n) is 8.10. The quantitative estimate of drug-likeness (QED) is 0.671. The monoisotopic (exact) mass is 434 g/mol. The number of benzene rings is 2. The summed E-state index contributed by atoms with van der Waals surface area (Å²) in [6, 6.07) is 9.62. The van der Waals surface area contributed by atoms with Crippen molar-refractivity contribution in [3.05, 3.63) is 57.8 Å². The second-order valence-electron chi connectivity index (χ2n) is 5.73. The number of nitrogens with zero attached hydrogens (tertiary/aromatic N) is 1. The highest BCUT2D eigenvalue weighted by Gasteiger charge is 2.13. The van der Waals surface area contributed by atoms with E-state index in [-0.39, 0.29) is 31.5 Å². The molecule has 0 saturated carbocycles. The molecule has 1 N–H and O–H groups in total. The fourth-order valence-corrected chi connectivity index (χ4v) is 2.78. The Morgan fingerprint density at radius 1 is 1.30 bits per heavy atom. The molecule has 0 bridgehead atoms. The van der Waals surface area contributed by atoms with Crippen LogP contribution in [0.4, 0.5) is 9.18 Å². The zero-order chi connectivity index (χ0) is 19.8. The van der Waals surface area contributed by atoms with Crippen LogP contribution in [0.5, 0.6) is 11.5 Å². The number of carbonyl (C=O) groups is 1. The van der Waals surface area contributed by atoms with E-state index < -0.39 is 0 Å². The molecule has 2 rings (SSSR count). The summed E-state index contributed by atoms with van der Waals surface area (Å²) in [4.78, 5) is 13.7. The highest BCUT2D eigenvalue weighted by Crippen LogP contribution is 2.28. The summed E-state index contributed by atoms with van der Waals surface area (Å²) in [5, 5.41) is 2.79. The lowest BCUT2D eigenvalue weighted by Crippen LogP contribution is -2.36. The number of nitrogens with one attached hydrogen (secondary N) is 1. The highest BCUT2D eigenvalue weighted by molar-refractivity contribution is 9.10.